The van der Waals surface area contributed by atoms with Crippen molar-refractivity contribution in [2.75, 3.05) is 6.54 Å². The van der Waals surface area contributed by atoms with Crippen LogP contribution in [0.1, 0.15) is 30.9 Å². The number of benzene rings is 2. The zero-order valence-corrected chi connectivity index (χ0v) is 14.2. The predicted molar refractivity (Wildman–Crippen MR) is 93.6 cm³/mol. The molecule has 2 rings (SSSR count). The van der Waals surface area contributed by atoms with Gasteiger partial charge in [-0.2, -0.15) is 0 Å². The molecule has 0 radical (unpaired) electrons. The van der Waals surface area contributed by atoms with E-state index in [4.69, 9.17) is 4.74 Å². The molecule has 1 unspecified atom stereocenters. The topological polar surface area (TPSA) is 38.3 Å². The lowest BCUT2D eigenvalue weighted by Crippen LogP contribution is -2.38. The second-order valence-electron chi connectivity index (χ2n) is 5.85. The Morgan fingerprint density at radius 2 is 1.96 bits per heavy atom. The Balaban J connectivity index is 1.76. The lowest BCUT2D eigenvalue weighted by atomic mass is 10.1. The molecule has 4 heteroatoms. The van der Waals surface area contributed by atoms with Crippen LogP contribution in [0, 0.1) is 12.7 Å². The smallest absolute Gasteiger partial charge is 0.261 e. The Morgan fingerprint density at radius 3 is 2.62 bits per heavy atom. The molecule has 0 fully saturated rings. The van der Waals surface area contributed by atoms with Gasteiger partial charge in [0.25, 0.3) is 5.91 Å². The molecule has 0 saturated carbocycles. The fourth-order valence-corrected chi connectivity index (χ4v) is 2.49. The van der Waals surface area contributed by atoms with Crippen LogP contribution in [0.2, 0.25) is 0 Å². The van der Waals surface area contributed by atoms with Gasteiger partial charge in [0.05, 0.1) is 0 Å². The van der Waals surface area contributed by atoms with Crippen LogP contribution in [0.3, 0.4) is 0 Å². The summed E-state index contributed by atoms with van der Waals surface area (Å²) in [5.74, 6) is 0.0419. The summed E-state index contributed by atoms with van der Waals surface area (Å²) in [6.45, 7) is 4.57. The number of hydrogen-bond acceptors (Lipinski definition) is 2. The van der Waals surface area contributed by atoms with Crippen molar-refractivity contribution in [3.8, 4) is 5.75 Å². The van der Waals surface area contributed by atoms with Crippen molar-refractivity contribution < 1.29 is 13.9 Å². The number of nitrogens with one attached hydrogen (secondary N) is 1. The van der Waals surface area contributed by atoms with Crippen LogP contribution >= 0.6 is 0 Å². The first kappa shape index (κ1) is 18.0. The second-order valence-corrected chi connectivity index (χ2v) is 5.85. The number of aryl methyl sites for hydroxylation is 2. The SMILES string of the molecule is CCC(Oc1ccc(F)cc1)C(=O)NCCCc1cccc(C)c1. The highest BCUT2D eigenvalue weighted by atomic mass is 19.1. The Labute approximate surface area is 142 Å². The fraction of sp³-hybridized carbons (Fsp3) is 0.350. The summed E-state index contributed by atoms with van der Waals surface area (Å²) in [6, 6.07) is 14.1. The van der Waals surface area contributed by atoms with Gasteiger partial charge >= 0.3 is 0 Å². The maximum Gasteiger partial charge on any atom is 0.261 e. The number of carbonyl (C=O) groups excluding carboxylic acids is 1. The molecule has 2 aromatic carbocycles. The number of hydrogen-bond donors (Lipinski definition) is 1. The second kappa shape index (κ2) is 9.06. The van der Waals surface area contributed by atoms with Crippen molar-refractivity contribution in [3.63, 3.8) is 0 Å². The van der Waals surface area contributed by atoms with E-state index >= 15 is 0 Å². The normalized spacial score (nSPS) is 11.8. The molecule has 0 aliphatic carbocycles. The van der Waals surface area contributed by atoms with Crippen molar-refractivity contribution in [2.24, 2.45) is 0 Å². The number of rotatable bonds is 8. The molecule has 0 spiro atoms. The standard InChI is InChI=1S/C20H24FNO2/c1-3-19(24-18-11-9-17(21)10-12-18)20(23)22-13-5-8-16-7-4-6-15(2)14-16/h4,6-7,9-12,14,19H,3,5,8,13H2,1-2H3,(H,22,23). The van der Waals surface area contributed by atoms with Crippen LogP contribution in [0.4, 0.5) is 4.39 Å². The molecule has 3 nitrogen and oxygen atoms in total. The van der Waals surface area contributed by atoms with Gasteiger partial charge in [-0.05, 0) is 56.0 Å². The highest BCUT2D eigenvalue weighted by Crippen LogP contribution is 2.14. The molecule has 0 aliphatic rings. The highest BCUT2D eigenvalue weighted by molar-refractivity contribution is 5.81. The molecule has 0 bridgehead atoms. The molecule has 1 atom stereocenters. The first-order valence-corrected chi connectivity index (χ1v) is 8.34. The summed E-state index contributed by atoms with van der Waals surface area (Å²) in [5.41, 5.74) is 2.52. The minimum absolute atomic E-state index is 0.133. The summed E-state index contributed by atoms with van der Waals surface area (Å²) >= 11 is 0. The molecular weight excluding hydrogens is 305 g/mol. The maximum atomic E-state index is 12.9. The summed E-state index contributed by atoms with van der Waals surface area (Å²) in [7, 11) is 0. The van der Waals surface area contributed by atoms with Gasteiger partial charge in [-0.15, -0.1) is 0 Å². The number of amides is 1. The van der Waals surface area contributed by atoms with E-state index < -0.39 is 6.10 Å². The van der Waals surface area contributed by atoms with Crippen molar-refractivity contribution >= 4 is 5.91 Å². The average Bonchev–Trinajstić information content (AvgIpc) is 2.58. The molecule has 0 saturated heterocycles. The zero-order chi connectivity index (χ0) is 17.4. The van der Waals surface area contributed by atoms with Crippen LogP contribution in [0.15, 0.2) is 48.5 Å². The van der Waals surface area contributed by atoms with E-state index in [1.54, 1.807) is 0 Å². The molecule has 128 valence electrons. The van der Waals surface area contributed by atoms with Gasteiger partial charge in [0, 0.05) is 6.54 Å². The highest BCUT2D eigenvalue weighted by Gasteiger charge is 2.17. The zero-order valence-electron chi connectivity index (χ0n) is 14.2. The third-order valence-corrected chi connectivity index (χ3v) is 3.78. The summed E-state index contributed by atoms with van der Waals surface area (Å²) in [6.07, 6.45) is 1.80. The molecule has 0 aromatic heterocycles. The molecule has 0 heterocycles. The quantitative estimate of drug-likeness (QED) is 0.742. The molecular formula is C20H24FNO2. The van der Waals surface area contributed by atoms with Crippen LogP contribution in [0.5, 0.6) is 5.75 Å². The average molecular weight is 329 g/mol. The Bertz CT molecular complexity index is 655. The largest absolute Gasteiger partial charge is 0.481 e. The van der Waals surface area contributed by atoms with Crippen LogP contribution < -0.4 is 10.1 Å². The van der Waals surface area contributed by atoms with Gasteiger partial charge in [0.1, 0.15) is 11.6 Å². The van der Waals surface area contributed by atoms with Gasteiger partial charge in [0.2, 0.25) is 0 Å². The number of ether oxygens (including phenoxy) is 1. The number of carbonyl (C=O) groups is 1. The van der Waals surface area contributed by atoms with Crippen LogP contribution in [-0.4, -0.2) is 18.6 Å². The molecule has 1 amide bonds. The minimum Gasteiger partial charge on any atom is -0.481 e. The Kier molecular flexibility index (Phi) is 6.79. The first-order valence-electron chi connectivity index (χ1n) is 8.34. The van der Waals surface area contributed by atoms with Crippen molar-refractivity contribution in [1.82, 2.24) is 5.32 Å². The first-order chi connectivity index (χ1) is 11.6. The fourth-order valence-electron chi connectivity index (χ4n) is 2.49. The van der Waals surface area contributed by atoms with E-state index in [0.29, 0.717) is 18.7 Å². The number of halogens is 1. The Hall–Kier alpha value is -2.36. The predicted octanol–water partition coefficient (Wildman–Crippen LogP) is 4.04. The monoisotopic (exact) mass is 329 g/mol. The van der Waals surface area contributed by atoms with E-state index in [0.717, 1.165) is 12.8 Å². The lowest BCUT2D eigenvalue weighted by Gasteiger charge is -2.17. The van der Waals surface area contributed by atoms with Crippen molar-refractivity contribution in [3.05, 3.63) is 65.5 Å². The third-order valence-electron chi connectivity index (χ3n) is 3.78. The molecule has 24 heavy (non-hydrogen) atoms. The van der Waals surface area contributed by atoms with Crippen molar-refractivity contribution in [2.45, 2.75) is 39.2 Å². The van der Waals surface area contributed by atoms with E-state index in [1.807, 2.05) is 13.0 Å². The summed E-state index contributed by atoms with van der Waals surface area (Å²) in [4.78, 5) is 12.2. The minimum atomic E-state index is -0.561. The molecule has 2 aromatic rings. The van der Waals surface area contributed by atoms with E-state index in [2.05, 4.69) is 30.4 Å². The third kappa shape index (κ3) is 5.69. The summed E-state index contributed by atoms with van der Waals surface area (Å²) in [5, 5.41) is 2.91. The molecule has 1 N–H and O–H groups in total. The van der Waals surface area contributed by atoms with Gasteiger partial charge in [-0.1, -0.05) is 36.8 Å². The van der Waals surface area contributed by atoms with E-state index in [-0.39, 0.29) is 11.7 Å². The van der Waals surface area contributed by atoms with Gasteiger partial charge in [-0.3, -0.25) is 4.79 Å². The van der Waals surface area contributed by atoms with E-state index in [1.165, 1.54) is 35.4 Å². The van der Waals surface area contributed by atoms with Crippen LogP contribution in [0.25, 0.3) is 0 Å². The molecule has 0 aliphatic heterocycles. The van der Waals surface area contributed by atoms with E-state index in [9.17, 15) is 9.18 Å². The van der Waals surface area contributed by atoms with Gasteiger partial charge in [0.15, 0.2) is 6.10 Å². The van der Waals surface area contributed by atoms with Crippen LogP contribution in [-0.2, 0) is 11.2 Å². The maximum absolute atomic E-state index is 12.9. The summed E-state index contributed by atoms with van der Waals surface area (Å²) < 4.78 is 18.5. The lowest BCUT2D eigenvalue weighted by molar-refractivity contribution is -0.128. The Morgan fingerprint density at radius 1 is 1.21 bits per heavy atom. The van der Waals surface area contributed by atoms with Gasteiger partial charge < -0.3 is 10.1 Å². The van der Waals surface area contributed by atoms with Gasteiger partial charge in [-0.25, -0.2) is 4.39 Å². The van der Waals surface area contributed by atoms with Crippen molar-refractivity contribution in [1.29, 1.82) is 0 Å².